The molecule has 0 N–H and O–H groups in total. The van der Waals surface area contributed by atoms with Crippen molar-refractivity contribution in [1.29, 1.82) is 0 Å². The number of thioether (sulfide) groups is 1. The summed E-state index contributed by atoms with van der Waals surface area (Å²) >= 11 is 0.944. The van der Waals surface area contributed by atoms with E-state index in [1.165, 1.54) is 4.90 Å². The maximum atomic E-state index is 12.9. The number of rotatable bonds is 7. The van der Waals surface area contributed by atoms with Gasteiger partial charge >= 0.3 is 0 Å². The number of carbonyl (C=O) groups is 2. The molecule has 0 bridgehead atoms. The number of carbonyl (C=O) groups excluding carboxylic acids is 2. The lowest BCUT2D eigenvalue weighted by molar-refractivity contribution is -0.123. The first-order valence-corrected chi connectivity index (χ1v) is 10.6. The molecule has 2 amide bonds. The topological polar surface area (TPSA) is 55.8 Å². The standard InChI is InChI=1S/C25H21NO4S/c1-3-12-30-21-11-9-17(14-22(21)29-2)15-23-24(27)26(25(28)31-23)16-18-8-10-19-6-4-5-7-20(19)13-18/h3-11,13-15H,1,12,16H2,2H3/b23-15-. The third-order valence-corrected chi connectivity index (χ3v) is 5.78. The summed E-state index contributed by atoms with van der Waals surface area (Å²) in [5, 5.41) is 1.92. The van der Waals surface area contributed by atoms with Crippen LogP contribution in [0.1, 0.15) is 11.1 Å². The van der Waals surface area contributed by atoms with E-state index in [-0.39, 0.29) is 17.7 Å². The van der Waals surface area contributed by atoms with Crippen LogP contribution in [0.25, 0.3) is 16.8 Å². The Hall–Kier alpha value is -3.51. The number of imide groups is 1. The third-order valence-electron chi connectivity index (χ3n) is 4.87. The molecule has 1 heterocycles. The Labute approximate surface area is 185 Å². The molecule has 6 heteroatoms. The van der Waals surface area contributed by atoms with Crippen LogP contribution < -0.4 is 9.47 Å². The second-order valence-electron chi connectivity index (χ2n) is 6.96. The zero-order chi connectivity index (χ0) is 21.8. The van der Waals surface area contributed by atoms with E-state index in [1.807, 2.05) is 48.5 Å². The molecule has 3 aromatic rings. The van der Waals surface area contributed by atoms with Crippen LogP contribution in [0.15, 0.2) is 78.2 Å². The highest BCUT2D eigenvalue weighted by atomic mass is 32.2. The molecule has 0 aliphatic carbocycles. The molecule has 1 aliphatic heterocycles. The molecular formula is C25H21NO4S. The van der Waals surface area contributed by atoms with Crippen molar-refractivity contribution in [3.8, 4) is 11.5 Å². The fourth-order valence-electron chi connectivity index (χ4n) is 3.35. The molecule has 0 spiro atoms. The van der Waals surface area contributed by atoms with Gasteiger partial charge in [0.2, 0.25) is 0 Å². The number of fused-ring (bicyclic) bond motifs is 1. The van der Waals surface area contributed by atoms with Crippen molar-refractivity contribution in [2.75, 3.05) is 13.7 Å². The summed E-state index contributed by atoms with van der Waals surface area (Å²) in [5.41, 5.74) is 1.66. The summed E-state index contributed by atoms with van der Waals surface area (Å²) in [6, 6.07) is 19.3. The molecule has 156 valence electrons. The van der Waals surface area contributed by atoms with Gasteiger partial charge in [-0.1, -0.05) is 55.1 Å². The first kappa shape index (κ1) is 20.8. The normalized spacial score (nSPS) is 15.0. The van der Waals surface area contributed by atoms with Crippen LogP contribution in [-0.2, 0) is 11.3 Å². The first-order chi connectivity index (χ1) is 15.1. The van der Waals surface area contributed by atoms with Crippen LogP contribution in [0.4, 0.5) is 4.79 Å². The number of benzene rings is 3. The molecule has 3 aromatic carbocycles. The Bertz CT molecular complexity index is 1200. The predicted octanol–water partition coefficient (Wildman–Crippen LogP) is 5.65. The van der Waals surface area contributed by atoms with Crippen LogP contribution in [0.3, 0.4) is 0 Å². The molecule has 0 radical (unpaired) electrons. The molecule has 0 atom stereocenters. The van der Waals surface area contributed by atoms with Crippen molar-refractivity contribution >= 4 is 39.8 Å². The Kier molecular flexibility index (Phi) is 6.09. The highest BCUT2D eigenvalue weighted by molar-refractivity contribution is 8.18. The van der Waals surface area contributed by atoms with E-state index in [9.17, 15) is 9.59 Å². The van der Waals surface area contributed by atoms with Gasteiger partial charge in [-0.2, -0.15) is 0 Å². The van der Waals surface area contributed by atoms with Crippen LogP contribution in [0.5, 0.6) is 11.5 Å². The van der Waals surface area contributed by atoms with E-state index in [0.29, 0.717) is 23.0 Å². The molecule has 0 saturated carbocycles. The van der Waals surface area contributed by atoms with E-state index in [0.717, 1.165) is 33.7 Å². The minimum Gasteiger partial charge on any atom is -0.493 e. The maximum Gasteiger partial charge on any atom is 0.293 e. The molecule has 31 heavy (non-hydrogen) atoms. The Balaban J connectivity index is 1.54. The average molecular weight is 432 g/mol. The van der Waals surface area contributed by atoms with Crippen molar-refractivity contribution in [2.45, 2.75) is 6.54 Å². The van der Waals surface area contributed by atoms with Gasteiger partial charge in [0.15, 0.2) is 11.5 Å². The predicted molar refractivity (Wildman–Crippen MR) is 124 cm³/mol. The zero-order valence-electron chi connectivity index (χ0n) is 17.0. The van der Waals surface area contributed by atoms with Gasteiger partial charge in [-0.3, -0.25) is 14.5 Å². The lowest BCUT2D eigenvalue weighted by Crippen LogP contribution is -2.27. The molecule has 4 rings (SSSR count). The maximum absolute atomic E-state index is 12.9. The van der Waals surface area contributed by atoms with E-state index in [4.69, 9.17) is 9.47 Å². The van der Waals surface area contributed by atoms with Gasteiger partial charge < -0.3 is 9.47 Å². The summed E-state index contributed by atoms with van der Waals surface area (Å²) in [5.74, 6) is 0.837. The van der Waals surface area contributed by atoms with Gasteiger partial charge in [0.1, 0.15) is 6.61 Å². The van der Waals surface area contributed by atoms with Crippen molar-refractivity contribution < 1.29 is 19.1 Å². The lowest BCUT2D eigenvalue weighted by atomic mass is 10.1. The molecule has 0 unspecified atom stereocenters. The van der Waals surface area contributed by atoms with Crippen molar-refractivity contribution in [2.24, 2.45) is 0 Å². The molecule has 1 saturated heterocycles. The molecular weight excluding hydrogens is 410 g/mol. The number of amides is 2. The quantitative estimate of drug-likeness (QED) is 0.357. The van der Waals surface area contributed by atoms with Gasteiger partial charge in [0, 0.05) is 0 Å². The number of ether oxygens (including phenoxy) is 2. The first-order valence-electron chi connectivity index (χ1n) is 9.74. The van der Waals surface area contributed by atoms with Crippen LogP contribution in [0.2, 0.25) is 0 Å². The molecule has 1 aliphatic rings. The second-order valence-corrected chi connectivity index (χ2v) is 7.95. The van der Waals surface area contributed by atoms with E-state index in [1.54, 1.807) is 31.4 Å². The van der Waals surface area contributed by atoms with Crippen LogP contribution >= 0.6 is 11.8 Å². The van der Waals surface area contributed by atoms with E-state index in [2.05, 4.69) is 6.58 Å². The van der Waals surface area contributed by atoms with Crippen LogP contribution in [-0.4, -0.2) is 29.8 Å². The van der Waals surface area contributed by atoms with E-state index < -0.39 is 0 Å². The number of hydrogen-bond donors (Lipinski definition) is 0. The summed E-state index contributed by atoms with van der Waals surface area (Å²) in [7, 11) is 1.55. The van der Waals surface area contributed by atoms with E-state index >= 15 is 0 Å². The largest absolute Gasteiger partial charge is 0.493 e. The van der Waals surface area contributed by atoms with Crippen molar-refractivity contribution in [1.82, 2.24) is 4.90 Å². The zero-order valence-corrected chi connectivity index (χ0v) is 17.9. The summed E-state index contributed by atoms with van der Waals surface area (Å²) in [6.07, 6.45) is 3.35. The fourth-order valence-corrected chi connectivity index (χ4v) is 4.19. The van der Waals surface area contributed by atoms with Crippen LogP contribution in [0, 0.1) is 0 Å². The summed E-state index contributed by atoms with van der Waals surface area (Å²) in [6.45, 7) is 4.24. The number of methoxy groups -OCH3 is 1. The second kappa shape index (κ2) is 9.10. The SMILES string of the molecule is C=CCOc1ccc(/C=C2\SC(=O)N(Cc3ccc4ccccc4c3)C2=O)cc1OC. The summed E-state index contributed by atoms with van der Waals surface area (Å²) < 4.78 is 10.9. The Morgan fingerprint density at radius 1 is 1.00 bits per heavy atom. The Morgan fingerprint density at radius 2 is 1.81 bits per heavy atom. The molecule has 1 fully saturated rings. The fraction of sp³-hybridized carbons (Fsp3) is 0.120. The smallest absolute Gasteiger partial charge is 0.293 e. The highest BCUT2D eigenvalue weighted by Crippen LogP contribution is 2.35. The van der Waals surface area contributed by atoms with Gasteiger partial charge in [0.05, 0.1) is 18.6 Å². The van der Waals surface area contributed by atoms with Gasteiger partial charge in [-0.05, 0) is 57.9 Å². The monoisotopic (exact) mass is 431 g/mol. The number of hydrogen-bond acceptors (Lipinski definition) is 5. The molecule has 5 nitrogen and oxygen atoms in total. The Morgan fingerprint density at radius 3 is 2.58 bits per heavy atom. The minimum absolute atomic E-state index is 0.241. The highest BCUT2D eigenvalue weighted by Gasteiger charge is 2.35. The van der Waals surface area contributed by atoms with Crippen molar-refractivity contribution in [3.63, 3.8) is 0 Å². The molecule has 0 aromatic heterocycles. The third kappa shape index (κ3) is 4.49. The van der Waals surface area contributed by atoms with Crippen molar-refractivity contribution in [3.05, 3.63) is 89.4 Å². The average Bonchev–Trinajstić information content (AvgIpc) is 3.05. The van der Waals surface area contributed by atoms with Gasteiger partial charge in [-0.25, -0.2) is 0 Å². The number of nitrogens with zero attached hydrogens (tertiary/aromatic N) is 1. The minimum atomic E-state index is -0.297. The summed E-state index contributed by atoms with van der Waals surface area (Å²) in [4.78, 5) is 27.1. The van der Waals surface area contributed by atoms with Gasteiger partial charge in [-0.15, -0.1) is 0 Å². The lowest BCUT2D eigenvalue weighted by Gasteiger charge is -2.13. The van der Waals surface area contributed by atoms with Gasteiger partial charge in [0.25, 0.3) is 11.1 Å².